The third-order valence-electron chi connectivity index (χ3n) is 3.35. The maximum atomic E-state index is 9.56. The van der Waals surface area contributed by atoms with Crippen LogP contribution in [-0.2, 0) is 14.6 Å². The van der Waals surface area contributed by atoms with E-state index in [1.807, 2.05) is 0 Å². The summed E-state index contributed by atoms with van der Waals surface area (Å²) in [5.74, 6) is 0. The van der Waals surface area contributed by atoms with Gasteiger partial charge in [0.15, 0.2) is 0 Å². The van der Waals surface area contributed by atoms with Gasteiger partial charge in [0.2, 0.25) is 0 Å². The molecule has 6 heteroatoms. The standard InChI is InChI=1S/C13H29P.C2H6O4S/c1-4-7-10-13(14,11-8-5-2)12-9-6-3;1-2-6-7(3,4)5/h4-12,14H2,1-3H3;2H2,1H3,(H,3,4,5). The Labute approximate surface area is 134 Å². The van der Waals surface area contributed by atoms with Crippen molar-refractivity contribution < 1.29 is 17.2 Å². The van der Waals surface area contributed by atoms with Gasteiger partial charge in [-0.25, -0.2) is 4.18 Å². The third-order valence-corrected chi connectivity index (χ3v) is 4.75. The zero-order valence-corrected chi connectivity index (χ0v) is 16.2. The van der Waals surface area contributed by atoms with Gasteiger partial charge in [0, 0.05) is 0 Å². The predicted octanol–water partition coefficient (Wildman–Crippen LogP) is 5.00. The first-order chi connectivity index (χ1) is 9.74. The number of rotatable bonds is 11. The quantitative estimate of drug-likeness (QED) is 0.424. The largest absolute Gasteiger partial charge is 0.397 e. The normalized spacial score (nSPS) is 11.9. The van der Waals surface area contributed by atoms with Crippen LogP contribution in [0.3, 0.4) is 0 Å². The molecule has 21 heavy (non-hydrogen) atoms. The molecule has 0 saturated heterocycles. The molecule has 130 valence electrons. The van der Waals surface area contributed by atoms with Crippen molar-refractivity contribution in [3.63, 3.8) is 0 Å². The Balaban J connectivity index is 0. The molecule has 4 nitrogen and oxygen atoms in total. The van der Waals surface area contributed by atoms with Gasteiger partial charge in [-0.15, -0.1) is 9.24 Å². The summed E-state index contributed by atoms with van der Waals surface area (Å²) in [4.78, 5) is 0. The van der Waals surface area contributed by atoms with Crippen molar-refractivity contribution in [1.29, 1.82) is 0 Å². The lowest BCUT2D eigenvalue weighted by Gasteiger charge is -2.29. The molecule has 0 rings (SSSR count). The third kappa shape index (κ3) is 18.3. The fraction of sp³-hybridized carbons (Fsp3) is 1.00. The highest BCUT2D eigenvalue weighted by molar-refractivity contribution is 7.80. The Morgan fingerprint density at radius 1 is 0.905 bits per heavy atom. The molecule has 0 amide bonds. The molecule has 0 heterocycles. The lowest BCUT2D eigenvalue weighted by Crippen LogP contribution is -2.20. The molecule has 0 aliphatic heterocycles. The fourth-order valence-electron chi connectivity index (χ4n) is 2.11. The van der Waals surface area contributed by atoms with Crippen molar-refractivity contribution >= 4 is 19.6 Å². The van der Waals surface area contributed by atoms with E-state index in [-0.39, 0.29) is 6.61 Å². The zero-order valence-electron chi connectivity index (χ0n) is 14.2. The fourth-order valence-corrected chi connectivity index (χ4v) is 3.02. The van der Waals surface area contributed by atoms with Crippen molar-refractivity contribution in [1.82, 2.24) is 0 Å². The molecule has 0 saturated carbocycles. The first-order valence-electron chi connectivity index (χ1n) is 8.15. The second-order valence-corrected chi connectivity index (χ2v) is 7.82. The highest BCUT2D eigenvalue weighted by Gasteiger charge is 2.22. The van der Waals surface area contributed by atoms with Crippen LogP contribution in [0.5, 0.6) is 0 Å². The Morgan fingerprint density at radius 3 is 1.38 bits per heavy atom. The van der Waals surface area contributed by atoms with Crippen LogP contribution in [0.1, 0.15) is 85.5 Å². The van der Waals surface area contributed by atoms with Crippen LogP contribution >= 0.6 is 9.24 Å². The SMILES string of the molecule is CCCCC(P)(CCCC)CCCC.CCOS(=O)(=O)O. The van der Waals surface area contributed by atoms with Gasteiger partial charge in [0.1, 0.15) is 0 Å². The summed E-state index contributed by atoms with van der Waals surface area (Å²) in [7, 11) is -1.01. The summed E-state index contributed by atoms with van der Waals surface area (Å²) in [5, 5.41) is 0.571. The molecule has 0 radical (unpaired) electrons. The van der Waals surface area contributed by atoms with E-state index in [4.69, 9.17) is 4.55 Å². The molecule has 0 aromatic rings. The molecule has 0 aliphatic rings. The topological polar surface area (TPSA) is 63.6 Å². The average Bonchev–Trinajstić information content (AvgIpc) is 2.40. The van der Waals surface area contributed by atoms with E-state index in [0.29, 0.717) is 5.16 Å². The smallest absolute Gasteiger partial charge is 0.264 e. The van der Waals surface area contributed by atoms with Gasteiger partial charge in [-0.2, -0.15) is 8.42 Å². The Morgan fingerprint density at radius 2 is 1.24 bits per heavy atom. The van der Waals surface area contributed by atoms with Crippen LogP contribution in [0, 0.1) is 0 Å². The van der Waals surface area contributed by atoms with Gasteiger partial charge in [-0.1, -0.05) is 59.3 Å². The first-order valence-corrected chi connectivity index (χ1v) is 10.1. The second-order valence-electron chi connectivity index (χ2n) is 5.51. The summed E-state index contributed by atoms with van der Waals surface area (Å²) in [6.45, 7) is 8.33. The van der Waals surface area contributed by atoms with Crippen molar-refractivity contribution in [2.45, 2.75) is 90.6 Å². The van der Waals surface area contributed by atoms with E-state index in [1.54, 1.807) is 0 Å². The number of unbranched alkanes of at least 4 members (excludes halogenated alkanes) is 3. The Kier molecular flexibility index (Phi) is 15.6. The zero-order chi connectivity index (χ0) is 16.8. The highest BCUT2D eigenvalue weighted by Crippen LogP contribution is 2.36. The highest BCUT2D eigenvalue weighted by atomic mass is 32.3. The van der Waals surface area contributed by atoms with Crippen molar-refractivity contribution in [3.8, 4) is 0 Å². The van der Waals surface area contributed by atoms with Crippen molar-refractivity contribution in [3.05, 3.63) is 0 Å². The molecule has 0 fully saturated rings. The average molecular weight is 342 g/mol. The van der Waals surface area contributed by atoms with E-state index in [2.05, 4.69) is 34.2 Å². The first kappa shape index (κ1) is 23.6. The maximum absolute atomic E-state index is 9.56. The lowest BCUT2D eigenvalue weighted by molar-refractivity contribution is 0.283. The van der Waals surface area contributed by atoms with E-state index in [9.17, 15) is 8.42 Å². The van der Waals surface area contributed by atoms with Crippen LogP contribution in [-0.4, -0.2) is 24.7 Å². The van der Waals surface area contributed by atoms with Crippen LogP contribution in [0.4, 0.5) is 0 Å². The van der Waals surface area contributed by atoms with Crippen LogP contribution < -0.4 is 0 Å². The predicted molar refractivity (Wildman–Crippen MR) is 94.2 cm³/mol. The van der Waals surface area contributed by atoms with Gasteiger partial charge >= 0.3 is 10.4 Å². The molecule has 0 aliphatic carbocycles. The van der Waals surface area contributed by atoms with Crippen molar-refractivity contribution in [2.24, 2.45) is 0 Å². The summed E-state index contributed by atoms with van der Waals surface area (Å²) < 4.78 is 30.7. The van der Waals surface area contributed by atoms with Crippen molar-refractivity contribution in [2.75, 3.05) is 6.61 Å². The Hall–Kier alpha value is 0.300. The molecule has 0 bridgehead atoms. The summed E-state index contributed by atoms with van der Waals surface area (Å²) in [5.41, 5.74) is 0. The molecule has 0 aromatic carbocycles. The monoisotopic (exact) mass is 342 g/mol. The van der Waals surface area contributed by atoms with Gasteiger partial charge in [0.05, 0.1) is 6.61 Å². The minimum atomic E-state index is -4.17. The molecular weight excluding hydrogens is 307 g/mol. The molecule has 0 aromatic heterocycles. The molecule has 1 atom stereocenters. The van der Waals surface area contributed by atoms with E-state index < -0.39 is 10.4 Å². The van der Waals surface area contributed by atoms with Gasteiger partial charge < -0.3 is 0 Å². The molecule has 0 spiro atoms. The second kappa shape index (κ2) is 13.9. The van der Waals surface area contributed by atoms with Gasteiger partial charge in [-0.05, 0) is 31.3 Å². The van der Waals surface area contributed by atoms with E-state index in [0.717, 1.165) is 0 Å². The molecular formula is C15H35O4PS. The number of hydrogen-bond acceptors (Lipinski definition) is 3. The van der Waals surface area contributed by atoms with Crippen LogP contribution in [0.15, 0.2) is 0 Å². The van der Waals surface area contributed by atoms with Crippen LogP contribution in [0.2, 0.25) is 0 Å². The van der Waals surface area contributed by atoms with E-state index >= 15 is 0 Å². The molecule has 1 unspecified atom stereocenters. The maximum Gasteiger partial charge on any atom is 0.397 e. The lowest BCUT2D eigenvalue weighted by atomic mass is 9.90. The van der Waals surface area contributed by atoms with Crippen LogP contribution in [0.25, 0.3) is 0 Å². The summed E-state index contributed by atoms with van der Waals surface area (Å²) in [6, 6.07) is 0. The summed E-state index contributed by atoms with van der Waals surface area (Å²) in [6.07, 6.45) is 12.5. The molecule has 1 N–H and O–H groups in total. The van der Waals surface area contributed by atoms with Gasteiger partial charge in [-0.3, -0.25) is 4.55 Å². The Bertz CT molecular complexity index is 296. The van der Waals surface area contributed by atoms with E-state index in [1.165, 1.54) is 64.7 Å². The minimum absolute atomic E-state index is 0.0289. The van der Waals surface area contributed by atoms with Gasteiger partial charge in [0.25, 0.3) is 0 Å². The minimum Gasteiger partial charge on any atom is -0.264 e. The number of hydrogen-bond donors (Lipinski definition) is 1. The summed E-state index contributed by atoms with van der Waals surface area (Å²) >= 11 is 0.